The Hall–Kier alpha value is -4.77. The standard InChI is InChI=1S/C31H37N5O6/c1-20-17-36(21(2)19-37)29(38)26-16-24(33-30(39)32-22-8-6-5-7-9-22)12-15-27(26)42-28(20)18-35(3)31(40)34-23-10-13-25(41-4)14-11-23/h5-16,20-21,28,37H,17-19H2,1-4H3,(H,34,40)(H2,32,33,39)/t20-,21+,28+/m0/s1. The number of aliphatic hydroxyl groups is 1. The summed E-state index contributed by atoms with van der Waals surface area (Å²) in [5.41, 5.74) is 1.89. The number of benzene rings is 3. The molecule has 0 bridgehead atoms. The lowest BCUT2D eigenvalue weighted by atomic mass is 9.99. The maximum atomic E-state index is 13.7. The highest BCUT2D eigenvalue weighted by Crippen LogP contribution is 2.31. The van der Waals surface area contributed by atoms with Crippen molar-refractivity contribution in [3.05, 3.63) is 78.4 Å². The average molecular weight is 576 g/mol. The van der Waals surface area contributed by atoms with Gasteiger partial charge in [-0.25, -0.2) is 9.59 Å². The molecule has 0 aliphatic carbocycles. The van der Waals surface area contributed by atoms with Crippen LogP contribution < -0.4 is 25.4 Å². The first-order valence-electron chi connectivity index (χ1n) is 13.7. The molecule has 0 radical (unpaired) electrons. The van der Waals surface area contributed by atoms with Gasteiger partial charge < -0.3 is 40.3 Å². The zero-order chi connectivity index (χ0) is 30.2. The van der Waals surface area contributed by atoms with Crippen LogP contribution in [0.3, 0.4) is 0 Å². The summed E-state index contributed by atoms with van der Waals surface area (Å²) in [4.78, 5) is 42.4. The molecule has 42 heavy (non-hydrogen) atoms. The summed E-state index contributed by atoms with van der Waals surface area (Å²) < 4.78 is 11.5. The number of para-hydroxylation sites is 1. The van der Waals surface area contributed by atoms with Crippen LogP contribution in [0.1, 0.15) is 24.2 Å². The van der Waals surface area contributed by atoms with Crippen molar-refractivity contribution in [2.45, 2.75) is 26.0 Å². The summed E-state index contributed by atoms with van der Waals surface area (Å²) in [6, 6.07) is 19.6. The molecule has 0 unspecified atom stereocenters. The summed E-state index contributed by atoms with van der Waals surface area (Å²) in [6.07, 6.45) is -0.475. The summed E-state index contributed by atoms with van der Waals surface area (Å²) in [7, 11) is 3.25. The number of nitrogens with one attached hydrogen (secondary N) is 3. The number of ether oxygens (including phenoxy) is 2. The van der Waals surface area contributed by atoms with Gasteiger partial charge in [0.05, 0.1) is 31.9 Å². The van der Waals surface area contributed by atoms with Gasteiger partial charge in [0.15, 0.2) is 0 Å². The lowest BCUT2D eigenvalue weighted by molar-refractivity contribution is 0.0371. The van der Waals surface area contributed by atoms with Gasteiger partial charge in [-0.2, -0.15) is 0 Å². The number of likely N-dealkylation sites (N-methyl/N-ethyl adjacent to an activating group) is 1. The smallest absolute Gasteiger partial charge is 0.323 e. The molecule has 1 aliphatic heterocycles. The quantitative estimate of drug-likeness (QED) is 0.307. The Kier molecular flexibility index (Phi) is 9.87. The minimum absolute atomic E-state index is 0.179. The molecule has 0 saturated heterocycles. The van der Waals surface area contributed by atoms with E-state index in [0.717, 1.165) is 0 Å². The zero-order valence-corrected chi connectivity index (χ0v) is 24.2. The van der Waals surface area contributed by atoms with Crippen LogP contribution in [0.2, 0.25) is 0 Å². The lowest BCUT2D eigenvalue weighted by Gasteiger charge is -2.38. The Morgan fingerprint density at radius 1 is 1.02 bits per heavy atom. The summed E-state index contributed by atoms with van der Waals surface area (Å²) in [5.74, 6) is 0.504. The maximum Gasteiger partial charge on any atom is 0.323 e. The number of rotatable bonds is 8. The Labute approximate surface area is 245 Å². The zero-order valence-electron chi connectivity index (χ0n) is 24.2. The number of carbonyl (C=O) groups excluding carboxylic acids is 3. The van der Waals surface area contributed by atoms with Crippen molar-refractivity contribution in [3.63, 3.8) is 0 Å². The van der Waals surface area contributed by atoms with Crippen molar-refractivity contribution in [2.24, 2.45) is 5.92 Å². The number of carbonyl (C=O) groups is 3. The van der Waals surface area contributed by atoms with Crippen LogP contribution in [-0.4, -0.2) is 78.9 Å². The molecule has 11 nitrogen and oxygen atoms in total. The van der Waals surface area contributed by atoms with E-state index >= 15 is 0 Å². The topological polar surface area (TPSA) is 132 Å². The second-order valence-electron chi connectivity index (χ2n) is 10.3. The van der Waals surface area contributed by atoms with E-state index in [4.69, 9.17) is 9.47 Å². The van der Waals surface area contributed by atoms with Crippen LogP contribution in [-0.2, 0) is 0 Å². The molecule has 3 aromatic rings. The fourth-order valence-corrected chi connectivity index (χ4v) is 4.58. The number of fused-ring (bicyclic) bond motifs is 1. The van der Waals surface area contributed by atoms with Crippen LogP contribution >= 0.6 is 0 Å². The second kappa shape index (κ2) is 13.7. The normalized spacial score (nSPS) is 17.1. The number of amides is 5. The molecular formula is C31H37N5O6. The fourth-order valence-electron chi connectivity index (χ4n) is 4.58. The van der Waals surface area contributed by atoms with Crippen molar-refractivity contribution in [1.82, 2.24) is 9.80 Å². The first-order chi connectivity index (χ1) is 20.2. The number of methoxy groups -OCH3 is 1. The van der Waals surface area contributed by atoms with Crippen molar-refractivity contribution >= 4 is 35.0 Å². The molecule has 4 rings (SSSR count). The first-order valence-corrected chi connectivity index (χ1v) is 13.7. The third-order valence-electron chi connectivity index (χ3n) is 7.10. The van der Waals surface area contributed by atoms with Crippen LogP contribution in [0, 0.1) is 5.92 Å². The van der Waals surface area contributed by atoms with E-state index in [2.05, 4.69) is 16.0 Å². The number of urea groups is 2. The summed E-state index contributed by atoms with van der Waals surface area (Å²) >= 11 is 0. The molecule has 0 saturated carbocycles. The Balaban J connectivity index is 1.53. The van der Waals surface area contributed by atoms with E-state index in [9.17, 15) is 19.5 Å². The third-order valence-corrected chi connectivity index (χ3v) is 7.10. The SMILES string of the molecule is COc1ccc(NC(=O)N(C)C[C@H]2Oc3ccc(NC(=O)Nc4ccccc4)cc3C(=O)N([C@H](C)CO)C[C@@H]2C)cc1. The summed E-state index contributed by atoms with van der Waals surface area (Å²) in [5, 5.41) is 18.3. The van der Waals surface area contributed by atoms with Gasteiger partial charge in [-0.3, -0.25) is 4.79 Å². The molecule has 1 aliphatic rings. The number of hydrogen-bond acceptors (Lipinski definition) is 6. The Morgan fingerprint density at radius 2 is 1.67 bits per heavy atom. The predicted molar refractivity (Wildman–Crippen MR) is 161 cm³/mol. The molecule has 4 N–H and O–H groups in total. The summed E-state index contributed by atoms with van der Waals surface area (Å²) in [6.45, 7) is 4.02. The van der Waals surface area contributed by atoms with E-state index in [1.165, 1.54) is 4.90 Å². The van der Waals surface area contributed by atoms with Gasteiger partial charge in [-0.15, -0.1) is 0 Å². The van der Waals surface area contributed by atoms with Crippen molar-refractivity contribution in [1.29, 1.82) is 0 Å². The first kappa shape index (κ1) is 30.2. The van der Waals surface area contributed by atoms with Gasteiger partial charge in [-0.1, -0.05) is 25.1 Å². The Morgan fingerprint density at radius 3 is 2.33 bits per heavy atom. The molecule has 11 heteroatoms. The highest BCUT2D eigenvalue weighted by molar-refractivity contribution is 6.02. The van der Waals surface area contributed by atoms with E-state index in [-0.39, 0.29) is 36.6 Å². The average Bonchev–Trinajstić information content (AvgIpc) is 2.99. The van der Waals surface area contributed by atoms with Gasteiger partial charge in [0.2, 0.25) is 0 Å². The minimum atomic E-state index is -0.475. The van der Waals surface area contributed by atoms with Gasteiger partial charge in [0.1, 0.15) is 17.6 Å². The van der Waals surface area contributed by atoms with Crippen LogP contribution in [0.4, 0.5) is 26.7 Å². The molecule has 0 fully saturated rings. The van der Waals surface area contributed by atoms with E-state index in [0.29, 0.717) is 35.1 Å². The highest BCUT2D eigenvalue weighted by atomic mass is 16.5. The highest BCUT2D eigenvalue weighted by Gasteiger charge is 2.34. The van der Waals surface area contributed by atoms with E-state index in [1.54, 1.807) is 80.6 Å². The van der Waals surface area contributed by atoms with Gasteiger partial charge in [0, 0.05) is 36.6 Å². The molecule has 0 spiro atoms. The number of anilines is 3. The maximum absolute atomic E-state index is 13.7. The van der Waals surface area contributed by atoms with Gasteiger partial charge in [0.25, 0.3) is 5.91 Å². The molecule has 3 atom stereocenters. The van der Waals surface area contributed by atoms with Crippen LogP contribution in [0.5, 0.6) is 11.5 Å². The van der Waals surface area contributed by atoms with Crippen molar-refractivity contribution in [2.75, 3.05) is 49.8 Å². The molecule has 3 aromatic carbocycles. The third kappa shape index (κ3) is 7.49. The lowest BCUT2D eigenvalue weighted by Crippen LogP contribution is -2.50. The van der Waals surface area contributed by atoms with Crippen LogP contribution in [0.15, 0.2) is 72.8 Å². The Bertz CT molecular complexity index is 1380. The van der Waals surface area contributed by atoms with E-state index < -0.39 is 18.2 Å². The molecule has 222 valence electrons. The van der Waals surface area contributed by atoms with Gasteiger partial charge in [-0.05, 0) is 61.5 Å². The van der Waals surface area contributed by atoms with Crippen molar-refractivity contribution in [3.8, 4) is 11.5 Å². The second-order valence-corrected chi connectivity index (χ2v) is 10.3. The predicted octanol–water partition coefficient (Wildman–Crippen LogP) is 4.72. The monoisotopic (exact) mass is 575 g/mol. The van der Waals surface area contributed by atoms with Crippen LogP contribution in [0.25, 0.3) is 0 Å². The number of hydrogen-bond donors (Lipinski definition) is 4. The molecule has 1 heterocycles. The molecule has 5 amide bonds. The number of aliphatic hydroxyl groups excluding tert-OH is 1. The largest absolute Gasteiger partial charge is 0.497 e. The molecular weight excluding hydrogens is 538 g/mol. The number of nitrogens with zero attached hydrogens (tertiary/aromatic N) is 2. The fraction of sp³-hybridized carbons (Fsp3) is 0.323. The molecule has 0 aromatic heterocycles. The van der Waals surface area contributed by atoms with Gasteiger partial charge >= 0.3 is 12.1 Å². The van der Waals surface area contributed by atoms with E-state index in [1.807, 2.05) is 25.1 Å². The minimum Gasteiger partial charge on any atom is -0.497 e. The van der Waals surface area contributed by atoms with Crippen molar-refractivity contribution < 1.29 is 29.0 Å².